The monoisotopic (exact) mass is 378 g/mol. The summed E-state index contributed by atoms with van der Waals surface area (Å²) in [5.74, 6) is -0.166. The minimum Gasteiger partial charge on any atom is -0.339 e. The molecule has 2 aromatic carbocycles. The Labute approximate surface area is 163 Å². The van der Waals surface area contributed by atoms with E-state index in [1.165, 1.54) is 12.1 Å². The summed E-state index contributed by atoms with van der Waals surface area (Å²) in [6.07, 6.45) is 3.43. The maximum atomic E-state index is 13.1. The fraction of sp³-hybridized carbons (Fsp3) is 0.304. The molecule has 1 aliphatic heterocycles. The van der Waals surface area contributed by atoms with Crippen LogP contribution in [0.3, 0.4) is 0 Å². The van der Waals surface area contributed by atoms with Gasteiger partial charge in [-0.3, -0.25) is 9.59 Å². The van der Waals surface area contributed by atoms with Crippen molar-refractivity contribution in [2.24, 2.45) is 0 Å². The number of nitrogens with zero attached hydrogens (tertiary/aromatic N) is 1. The van der Waals surface area contributed by atoms with Crippen LogP contribution in [-0.4, -0.2) is 28.4 Å². The van der Waals surface area contributed by atoms with Gasteiger partial charge in [-0.15, -0.1) is 0 Å². The predicted molar refractivity (Wildman–Crippen MR) is 108 cm³/mol. The van der Waals surface area contributed by atoms with Crippen molar-refractivity contribution in [3.8, 4) is 0 Å². The van der Waals surface area contributed by atoms with Gasteiger partial charge < -0.3 is 9.88 Å². The molecule has 1 saturated heterocycles. The first-order valence-corrected chi connectivity index (χ1v) is 9.75. The van der Waals surface area contributed by atoms with Crippen molar-refractivity contribution in [3.05, 3.63) is 81.9 Å². The molecule has 4 nitrogen and oxygen atoms in total. The Morgan fingerprint density at radius 2 is 1.93 bits per heavy atom. The number of benzene rings is 2. The number of halogens is 1. The highest BCUT2D eigenvalue weighted by Crippen LogP contribution is 2.23. The SMILES string of the molecule is O=C(CCc1cc2ccccc2[nH]c1=O)N1CCCC1Cc1ccc(F)cc1. The number of carbonyl (C=O) groups excluding carboxylic acids is 1. The number of aryl methyl sites for hydroxylation is 1. The molecular formula is C23H23FN2O2. The Morgan fingerprint density at radius 1 is 1.14 bits per heavy atom. The van der Waals surface area contributed by atoms with E-state index in [-0.39, 0.29) is 23.3 Å². The van der Waals surface area contributed by atoms with Crippen molar-refractivity contribution < 1.29 is 9.18 Å². The molecule has 1 aromatic heterocycles. The lowest BCUT2D eigenvalue weighted by molar-refractivity contribution is -0.131. The number of pyridine rings is 1. The number of fused-ring (bicyclic) bond motifs is 1. The molecule has 1 amide bonds. The average molecular weight is 378 g/mol. The molecule has 0 bridgehead atoms. The second kappa shape index (κ2) is 7.97. The largest absolute Gasteiger partial charge is 0.339 e. The molecule has 2 heterocycles. The van der Waals surface area contributed by atoms with E-state index < -0.39 is 0 Å². The third-order valence-electron chi connectivity index (χ3n) is 5.52. The van der Waals surface area contributed by atoms with Gasteiger partial charge in [-0.1, -0.05) is 30.3 Å². The van der Waals surface area contributed by atoms with Crippen molar-refractivity contribution in [3.63, 3.8) is 0 Å². The number of nitrogens with one attached hydrogen (secondary N) is 1. The number of H-pyrrole nitrogens is 1. The van der Waals surface area contributed by atoms with E-state index in [9.17, 15) is 14.0 Å². The van der Waals surface area contributed by atoms with E-state index in [1.54, 1.807) is 12.1 Å². The number of amides is 1. The van der Waals surface area contributed by atoms with E-state index in [2.05, 4.69) is 4.98 Å². The summed E-state index contributed by atoms with van der Waals surface area (Å²) in [5.41, 5.74) is 2.36. The number of aromatic amines is 1. The number of carbonyl (C=O) groups is 1. The van der Waals surface area contributed by atoms with Gasteiger partial charge in [0.05, 0.1) is 0 Å². The van der Waals surface area contributed by atoms with Gasteiger partial charge in [0, 0.05) is 30.1 Å². The first-order chi connectivity index (χ1) is 13.6. The zero-order valence-electron chi connectivity index (χ0n) is 15.7. The highest BCUT2D eigenvalue weighted by atomic mass is 19.1. The third kappa shape index (κ3) is 3.98. The summed E-state index contributed by atoms with van der Waals surface area (Å²) >= 11 is 0. The van der Waals surface area contributed by atoms with Crippen LogP contribution in [0.5, 0.6) is 0 Å². The molecule has 4 rings (SSSR count). The summed E-state index contributed by atoms with van der Waals surface area (Å²) in [7, 11) is 0. The molecule has 1 unspecified atom stereocenters. The van der Waals surface area contributed by atoms with Gasteiger partial charge in [-0.05, 0) is 60.9 Å². The van der Waals surface area contributed by atoms with Crippen LogP contribution in [0.25, 0.3) is 10.9 Å². The minimum atomic E-state index is -0.247. The number of rotatable bonds is 5. The van der Waals surface area contributed by atoms with Gasteiger partial charge in [0.1, 0.15) is 5.82 Å². The Hall–Kier alpha value is -2.95. The van der Waals surface area contributed by atoms with Crippen LogP contribution in [0.2, 0.25) is 0 Å². The molecule has 0 spiro atoms. The van der Waals surface area contributed by atoms with E-state index in [0.717, 1.165) is 42.3 Å². The van der Waals surface area contributed by atoms with Crippen LogP contribution < -0.4 is 5.56 Å². The van der Waals surface area contributed by atoms with Crippen LogP contribution in [0.15, 0.2) is 59.4 Å². The molecule has 3 aromatic rings. The Balaban J connectivity index is 1.42. The predicted octanol–water partition coefficient (Wildman–Crippen LogP) is 3.83. The van der Waals surface area contributed by atoms with Crippen molar-refractivity contribution in [1.82, 2.24) is 9.88 Å². The Morgan fingerprint density at radius 3 is 2.75 bits per heavy atom. The highest BCUT2D eigenvalue weighted by Gasteiger charge is 2.28. The third-order valence-corrected chi connectivity index (χ3v) is 5.52. The second-order valence-corrected chi connectivity index (χ2v) is 7.42. The van der Waals surface area contributed by atoms with E-state index in [0.29, 0.717) is 18.4 Å². The summed E-state index contributed by atoms with van der Waals surface area (Å²) in [5, 5.41) is 0.972. The van der Waals surface area contributed by atoms with E-state index in [4.69, 9.17) is 0 Å². The molecule has 1 fully saturated rings. The molecule has 5 heteroatoms. The number of hydrogen-bond donors (Lipinski definition) is 1. The molecule has 1 atom stereocenters. The van der Waals surface area contributed by atoms with Crippen molar-refractivity contribution in [2.45, 2.75) is 38.1 Å². The number of para-hydroxylation sites is 1. The quantitative estimate of drug-likeness (QED) is 0.734. The summed E-state index contributed by atoms with van der Waals surface area (Å²) in [6.45, 7) is 0.749. The van der Waals surface area contributed by atoms with Crippen LogP contribution >= 0.6 is 0 Å². The summed E-state index contributed by atoms with van der Waals surface area (Å²) in [4.78, 5) is 29.9. The molecule has 0 aliphatic carbocycles. The van der Waals surface area contributed by atoms with Crippen LogP contribution in [0, 0.1) is 5.82 Å². The smallest absolute Gasteiger partial charge is 0.251 e. The fourth-order valence-electron chi connectivity index (χ4n) is 4.03. The maximum absolute atomic E-state index is 13.1. The van der Waals surface area contributed by atoms with Crippen LogP contribution in [0.1, 0.15) is 30.4 Å². The standard InChI is InChI=1S/C23H23FN2O2/c24-19-10-7-16(8-11-19)14-20-5-3-13-26(20)22(27)12-9-18-15-17-4-1-2-6-21(17)25-23(18)28/h1-2,4,6-8,10-11,15,20H,3,5,9,12-14H2,(H,25,28). The van der Waals surface area contributed by atoms with Crippen molar-refractivity contribution >= 4 is 16.8 Å². The minimum absolute atomic E-state index is 0.0807. The van der Waals surface area contributed by atoms with Crippen LogP contribution in [0.4, 0.5) is 4.39 Å². The van der Waals surface area contributed by atoms with Gasteiger partial charge in [0.25, 0.3) is 5.56 Å². The normalized spacial score (nSPS) is 16.6. The zero-order valence-corrected chi connectivity index (χ0v) is 15.7. The summed E-state index contributed by atoms with van der Waals surface area (Å²) < 4.78 is 13.1. The lowest BCUT2D eigenvalue weighted by Gasteiger charge is -2.25. The Bertz CT molecular complexity index is 1040. The lowest BCUT2D eigenvalue weighted by Crippen LogP contribution is -2.37. The Kier molecular flexibility index (Phi) is 5.24. The molecule has 0 radical (unpaired) electrons. The first kappa shape index (κ1) is 18.4. The topological polar surface area (TPSA) is 53.2 Å². The molecule has 0 saturated carbocycles. The maximum Gasteiger partial charge on any atom is 0.251 e. The second-order valence-electron chi connectivity index (χ2n) is 7.42. The van der Waals surface area contributed by atoms with Gasteiger partial charge in [0.2, 0.25) is 5.91 Å². The number of hydrogen-bond acceptors (Lipinski definition) is 2. The fourth-order valence-corrected chi connectivity index (χ4v) is 4.03. The van der Waals surface area contributed by atoms with Gasteiger partial charge >= 0.3 is 0 Å². The van der Waals surface area contributed by atoms with E-state index >= 15 is 0 Å². The molecule has 28 heavy (non-hydrogen) atoms. The van der Waals surface area contributed by atoms with Crippen molar-refractivity contribution in [1.29, 1.82) is 0 Å². The van der Waals surface area contributed by atoms with Gasteiger partial charge in [0.15, 0.2) is 0 Å². The highest BCUT2D eigenvalue weighted by molar-refractivity contribution is 5.79. The number of aromatic nitrogens is 1. The summed E-state index contributed by atoms with van der Waals surface area (Å²) in [6, 6.07) is 16.2. The van der Waals surface area contributed by atoms with Gasteiger partial charge in [-0.2, -0.15) is 0 Å². The molecular weight excluding hydrogens is 355 g/mol. The average Bonchev–Trinajstić information content (AvgIpc) is 3.16. The first-order valence-electron chi connectivity index (χ1n) is 9.75. The van der Waals surface area contributed by atoms with Gasteiger partial charge in [-0.25, -0.2) is 4.39 Å². The van der Waals surface area contributed by atoms with E-state index in [1.807, 2.05) is 35.2 Å². The molecule has 1 aliphatic rings. The molecule has 144 valence electrons. The van der Waals surface area contributed by atoms with Crippen molar-refractivity contribution in [2.75, 3.05) is 6.54 Å². The van der Waals surface area contributed by atoms with Crippen LogP contribution in [-0.2, 0) is 17.6 Å². The molecule has 1 N–H and O–H groups in total. The zero-order chi connectivity index (χ0) is 19.5. The lowest BCUT2D eigenvalue weighted by atomic mass is 10.0. The number of likely N-dealkylation sites (tertiary alicyclic amines) is 1.